The normalized spacial score (nSPS) is 21.7. The van der Waals surface area contributed by atoms with Gasteiger partial charge in [-0.2, -0.15) is 0 Å². The minimum atomic E-state index is -1.09. The van der Waals surface area contributed by atoms with E-state index in [1.54, 1.807) is 11.8 Å². The lowest BCUT2D eigenvalue weighted by Crippen LogP contribution is -2.29. The van der Waals surface area contributed by atoms with Crippen molar-refractivity contribution in [1.82, 2.24) is 4.98 Å². The molecule has 3 heterocycles. The zero-order chi connectivity index (χ0) is 25.1. The van der Waals surface area contributed by atoms with E-state index in [1.807, 2.05) is 33.9 Å². The molecule has 0 bridgehead atoms. The minimum Gasteiger partial charge on any atom is -0.479 e. The fraction of sp³-hybridized carbons (Fsp3) is 0.500. The molecule has 6 nitrogen and oxygen atoms in total. The standard InChI is InChI=1S/C28H34N2O4S/c1-14(2)26-30-18-13-15(3)20(24(27(31)32)34-28(4,5)6)22(25(18)35-26)17-7-8-19-21-16(10-12-33-19)9-11-29-23(17)21/h7,9,11,13-14,19,24,26,30H,8,10,12H2,1-6H3,(H,31,32)/t19?,24-,26?/m0/s1. The molecular formula is C28H34N2O4S. The highest BCUT2D eigenvalue weighted by Crippen LogP contribution is 2.52. The highest BCUT2D eigenvalue weighted by molar-refractivity contribution is 8.00. The van der Waals surface area contributed by atoms with Gasteiger partial charge >= 0.3 is 5.97 Å². The third-order valence-electron chi connectivity index (χ3n) is 6.79. The number of fused-ring (bicyclic) bond motifs is 1. The van der Waals surface area contributed by atoms with E-state index in [0.717, 1.165) is 51.4 Å². The number of carbonyl (C=O) groups is 1. The molecule has 2 aliphatic heterocycles. The molecule has 0 amide bonds. The fourth-order valence-corrected chi connectivity index (χ4v) is 6.57. The molecule has 1 aliphatic carbocycles. The summed E-state index contributed by atoms with van der Waals surface area (Å²) in [5.41, 5.74) is 7.29. The van der Waals surface area contributed by atoms with Crippen LogP contribution in [0.15, 0.2) is 29.3 Å². The molecule has 0 fully saturated rings. The smallest absolute Gasteiger partial charge is 0.337 e. The number of nitrogens with zero attached hydrogens (tertiary/aromatic N) is 1. The van der Waals surface area contributed by atoms with Crippen LogP contribution >= 0.6 is 11.8 Å². The maximum absolute atomic E-state index is 12.6. The number of ether oxygens (including phenoxy) is 2. The van der Waals surface area contributed by atoms with Crippen molar-refractivity contribution in [2.45, 2.75) is 82.5 Å². The molecule has 0 saturated heterocycles. The first-order valence-corrected chi connectivity index (χ1v) is 13.2. The fourth-order valence-electron chi connectivity index (χ4n) is 5.28. The van der Waals surface area contributed by atoms with Gasteiger partial charge in [0.2, 0.25) is 0 Å². The molecule has 2 N–H and O–H groups in total. The van der Waals surface area contributed by atoms with Crippen molar-refractivity contribution >= 4 is 29.0 Å². The Morgan fingerprint density at radius 3 is 2.80 bits per heavy atom. The van der Waals surface area contributed by atoms with Crippen LogP contribution in [0.2, 0.25) is 0 Å². The summed E-state index contributed by atoms with van der Waals surface area (Å²) in [5, 5.41) is 14.2. The second kappa shape index (κ2) is 8.95. The van der Waals surface area contributed by atoms with Crippen LogP contribution in [0.5, 0.6) is 0 Å². The van der Waals surface area contributed by atoms with Crippen LogP contribution in [0.3, 0.4) is 0 Å². The van der Waals surface area contributed by atoms with Gasteiger partial charge in [0, 0.05) is 39.0 Å². The molecule has 3 aliphatic rings. The molecule has 0 saturated carbocycles. The Balaban J connectivity index is 1.77. The Bertz CT molecular complexity index is 1210. The van der Waals surface area contributed by atoms with E-state index in [0.29, 0.717) is 18.1 Å². The van der Waals surface area contributed by atoms with Crippen LogP contribution in [0, 0.1) is 12.8 Å². The lowest BCUT2D eigenvalue weighted by atomic mass is 9.81. The quantitative estimate of drug-likeness (QED) is 0.506. The Morgan fingerprint density at radius 2 is 2.11 bits per heavy atom. The number of aromatic nitrogens is 1. The lowest BCUT2D eigenvalue weighted by molar-refractivity contribution is -0.160. The van der Waals surface area contributed by atoms with Gasteiger partial charge in [0.25, 0.3) is 0 Å². The van der Waals surface area contributed by atoms with Crippen LogP contribution in [0.1, 0.15) is 86.8 Å². The van der Waals surface area contributed by atoms with E-state index in [1.165, 1.54) is 5.56 Å². The van der Waals surface area contributed by atoms with E-state index < -0.39 is 17.7 Å². The zero-order valence-electron chi connectivity index (χ0n) is 21.3. The van der Waals surface area contributed by atoms with Gasteiger partial charge in [-0.15, -0.1) is 0 Å². The van der Waals surface area contributed by atoms with Crippen LogP contribution in [0.4, 0.5) is 5.69 Å². The van der Waals surface area contributed by atoms with Gasteiger partial charge in [-0.25, -0.2) is 4.79 Å². The third kappa shape index (κ3) is 4.39. The Hall–Kier alpha value is -2.35. The van der Waals surface area contributed by atoms with Crippen molar-refractivity contribution in [1.29, 1.82) is 0 Å². The summed E-state index contributed by atoms with van der Waals surface area (Å²) in [6.45, 7) is 12.8. The summed E-state index contributed by atoms with van der Waals surface area (Å²) < 4.78 is 12.3. The molecule has 1 aromatic carbocycles. The molecule has 186 valence electrons. The molecule has 1 aromatic heterocycles. The zero-order valence-corrected chi connectivity index (χ0v) is 22.1. The molecule has 2 unspecified atom stereocenters. The second-order valence-corrected chi connectivity index (χ2v) is 12.1. The van der Waals surface area contributed by atoms with Gasteiger partial charge in [0.1, 0.15) is 0 Å². The number of carboxylic acids is 1. The molecule has 35 heavy (non-hydrogen) atoms. The van der Waals surface area contributed by atoms with E-state index >= 15 is 0 Å². The summed E-state index contributed by atoms with van der Waals surface area (Å²) in [4.78, 5) is 18.6. The number of aliphatic carboxylic acids is 1. The summed E-state index contributed by atoms with van der Waals surface area (Å²) in [6.07, 6.45) is 4.57. The van der Waals surface area contributed by atoms with Gasteiger partial charge < -0.3 is 19.9 Å². The van der Waals surface area contributed by atoms with E-state index in [2.05, 4.69) is 37.4 Å². The number of thioether (sulfide) groups is 1. The number of anilines is 1. The SMILES string of the molecule is Cc1cc2c(c(C3=CCC4OCCc5ccnc3c54)c1[C@H](OC(C)(C)C)C(=O)O)SC(C(C)C)N2. The predicted molar refractivity (Wildman–Crippen MR) is 139 cm³/mol. The molecule has 0 spiro atoms. The Morgan fingerprint density at radius 1 is 1.34 bits per heavy atom. The second-order valence-electron chi connectivity index (χ2n) is 10.9. The summed E-state index contributed by atoms with van der Waals surface area (Å²) in [6, 6.07) is 4.17. The first-order chi connectivity index (χ1) is 16.5. The number of hydrogen-bond donors (Lipinski definition) is 2. The van der Waals surface area contributed by atoms with Crippen LogP contribution in [-0.4, -0.2) is 33.6 Å². The topological polar surface area (TPSA) is 80.7 Å². The maximum atomic E-state index is 12.6. The average Bonchev–Trinajstić information content (AvgIpc) is 3.21. The summed E-state index contributed by atoms with van der Waals surface area (Å²) in [5.74, 6) is -0.577. The van der Waals surface area contributed by atoms with E-state index in [4.69, 9.17) is 14.5 Å². The number of rotatable bonds is 5. The number of benzene rings is 1. The van der Waals surface area contributed by atoms with Crippen molar-refractivity contribution in [2.24, 2.45) is 5.92 Å². The number of aryl methyl sites for hydroxylation is 1. The number of carboxylic acid groups (broad SMARTS) is 1. The molecule has 5 rings (SSSR count). The van der Waals surface area contributed by atoms with Crippen molar-refractivity contribution in [3.8, 4) is 0 Å². The van der Waals surface area contributed by atoms with Gasteiger partial charge in [-0.1, -0.05) is 31.7 Å². The van der Waals surface area contributed by atoms with Crippen LogP contribution in [0.25, 0.3) is 5.57 Å². The predicted octanol–water partition coefficient (Wildman–Crippen LogP) is 6.28. The highest BCUT2D eigenvalue weighted by Gasteiger charge is 2.39. The lowest BCUT2D eigenvalue weighted by Gasteiger charge is -2.33. The van der Waals surface area contributed by atoms with Gasteiger partial charge in [0.05, 0.1) is 29.4 Å². The van der Waals surface area contributed by atoms with Gasteiger partial charge in [-0.05, 0) is 69.7 Å². The van der Waals surface area contributed by atoms with E-state index in [9.17, 15) is 9.90 Å². The molecule has 0 radical (unpaired) electrons. The maximum Gasteiger partial charge on any atom is 0.337 e. The third-order valence-corrected chi connectivity index (χ3v) is 8.36. The highest BCUT2D eigenvalue weighted by atomic mass is 32.2. The average molecular weight is 495 g/mol. The van der Waals surface area contributed by atoms with Crippen LogP contribution in [-0.2, 0) is 20.7 Å². The largest absolute Gasteiger partial charge is 0.479 e. The van der Waals surface area contributed by atoms with Gasteiger partial charge in [-0.3, -0.25) is 4.98 Å². The monoisotopic (exact) mass is 494 g/mol. The number of pyridine rings is 1. The van der Waals surface area contributed by atoms with Crippen molar-refractivity contribution in [2.75, 3.05) is 11.9 Å². The molecule has 7 heteroatoms. The molecule has 2 aromatic rings. The summed E-state index contributed by atoms with van der Waals surface area (Å²) >= 11 is 1.77. The van der Waals surface area contributed by atoms with Gasteiger partial charge in [0.15, 0.2) is 6.10 Å². The number of nitrogens with one attached hydrogen (secondary N) is 1. The minimum absolute atomic E-state index is 0.00259. The van der Waals surface area contributed by atoms with Crippen LogP contribution < -0.4 is 5.32 Å². The van der Waals surface area contributed by atoms with Crippen molar-refractivity contribution in [3.63, 3.8) is 0 Å². The molecule has 3 atom stereocenters. The summed E-state index contributed by atoms with van der Waals surface area (Å²) in [7, 11) is 0. The first kappa shape index (κ1) is 24.3. The molecular weight excluding hydrogens is 460 g/mol. The Labute approximate surface area is 211 Å². The van der Waals surface area contributed by atoms with Crippen molar-refractivity contribution < 1.29 is 19.4 Å². The van der Waals surface area contributed by atoms with Crippen molar-refractivity contribution in [3.05, 3.63) is 57.9 Å². The number of hydrogen-bond acceptors (Lipinski definition) is 6. The van der Waals surface area contributed by atoms with E-state index in [-0.39, 0.29) is 11.5 Å². The first-order valence-electron chi connectivity index (χ1n) is 12.4. The Kier molecular flexibility index (Phi) is 6.22.